The van der Waals surface area contributed by atoms with Crippen molar-refractivity contribution in [2.75, 3.05) is 0 Å². The lowest BCUT2D eigenvalue weighted by Crippen LogP contribution is -2.07. The van der Waals surface area contributed by atoms with E-state index in [2.05, 4.69) is 6.07 Å². The second-order valence-corrected chi connectivity index (χ2v) is 13.7. The number of aliphatic carboxylic acids is 1. The number of halogens is 6. The number of ether oxygens (including phenoxy) is 1. The number of carbonyl (C=O) groups excluding carboxylic acids is 1. The van der Waals surface area contributed by atoms with Gasteiger partial charge in [0.25, 0.3) is 0 Å². The largest absolute Gasteiger partial charge is 0.481 e. The molecule has 0 heterocycles. The summed E-state index contributed by atoms with van der Waals surface area (Å²) in [5.74, 6) is -5.61. The fourth-order valence-electron chi connectivity index (χ4n) is 6.32. The second-order valence-electron chi connectivity index (χ2n) is 13.7. The molecule has 58 heavy (non-hydrogen) atoms. The van der Waals surface area contributed by atoms with Crippen molar-refractivity contribution in [2.45, 2.75) is 64.2 Å². The van der Waals surface area contributed by atoms with E-state index < -0.39 is 40.9 Å². The Morgan fingerprint density at radius 3 is 1.53 bits per heavy atom. The molecule has 0 atom stereocenters. The van der Waals surface area contributed by atoms with Crippen molar-refractivity contribution in [2.24, 2.45) is 0 Å². The van der Waals surface area contributed by atoms with Gasteiger partial charge in [0.15, 0.2) is 23.3 Å². The van der Waals surface area contributed by atoms with Gasteiger partial charge in [0, 0.05) is 24.0 Å². The SMILES string of the molecule is N#Cc1ccc2cc(OC(=O)CCCCCc3ccc(-c4ccc(F)c(F)c4)c(F)c3)ccc2c1.O=C(O)CCCCCc1ccc(-c2ccc(F)c(F)c2)c(F)c1. The molecule has 0 aliphatic rings. The van der Waals surface area contributed by atoms with E-state index in [0.29, 0.717) is 37.0 Å². The van der Waals surface area contributed by atoms with Crippen molar-refractivity contribution in [3.05, 3.63) is 161 Å². The zero-order valence-corrected chi connectivity index (χ0v) is 31.4. The highest BCUT2D eigenvalue weighted by molar-refractivity contribution is 5.86. The molecule has 0 amide bonds. The highest BCUT2D eigenvalue weighted by atomic mass is 19.2. The molecule has 0 fully saturated rings. The molecule has 6 aromatic carbocycles. The van der Waals surface area contributed by atoms with Gasteiger partial charge < -0.3 is 9.84 Å². The molecule has 0 saturated heterocycles. The second kappa shape index (κ2) is 20.7. The molecule has 11 heteroatoms. The first-order valence-corrected chi connectivity index (χ1v) is 18.7. The number of fused-ring (bicyclic) bond motifs is 1. The number of hydrogen-bond donors (Lipinski definition) is 1. The maximum absolute atomic E-state index is 14.5. The number of carboxylic acid groups (broad SMARTS) is 1. The third kappa shape index (κ3) is 12.3. The Balaban J connectivity index is 0.000000242. The number of nitrogens with zero attached hydrogens (tertiary/aromatic N) is 1. The van der Waals surface area contributed by atoms with E-state index in [-0.39, 0.29) is 41.1 Å². The van der Waals surface area contributed by atoms with Crippen molar-refractivity contribution < 1.29 is 45.8 Å². The number of carbonyl (C=O) groups is 2. The fraction of sp³-hybridized carbons (Fsp3) is 0.213. The van der Waals surface area contributed by atoms with E-state index in [1.165, 1.54) is 24.3 Å². The first-order valence-electron chi connectivity index (χ1n) is 18.7. The molecule has 0 radical (unpaired) electrons. The van der Waals surface area contributed by atoms with E-state index in [9.17, 15) is 35.9 Å². The molecule has 0 unspecified atom stereocenters. The van der Waals surface area contributed by atoms with E-state index in [4.69, 9.17) is 15.1 Å². The van der Waals surface area contributed by atoms with Gasteiger partial charge in [-0.05, 0) is 132 Å². The van der Waals surface area contributed by atoms with Crippen molar-refractivity contribution in [1.29, 1.82) is 5.26 Å². The zero-order chi connectivity index (χ0) is 41.6. The van der Waals surface area contributed by atoms with Crippen LogP contribution < -0.4 is 4.74 Å². The molecule has 298 valence electrons. The Kier molecular flexibility index (Phi) is 15.2. The summed E-state index contributed by atoms with van der Waals surface area (Å²) >= 11 is 0. The van der Waals surface area contributed by atoms with E-state index in [1.54, 1.807) is 48.5 Å². The fourth-order valence-corrected chi connectivity index (χ4v) is 6.32. The lowest BCUT2D eigenvalue weighted by Gasteiger charge is -2.08. The molecule has 1 N–H and O–H groups in total. The Bertz CT molecular complexity index is 2440. The third-order valence-electron chi connectivity index (χ3n) is 9.40. The quantitative estimate of drug-likeness (QED) is 0.0484. The number of hydrogen-bond acceptors (Lipinski definition) is 4. The number of rotatable bonds is 15. The highest BCUT2D eigenvalue weighted by Gasteiger charge is 2.12. The standard InChI is InChI=1S/C29H22F3NO2.C18H17F3O2/c30-26-13-10-23(17-28(26)32)25-12-7-19(15-27(25)31)4-2-1-3-5-29(34)35-24-11-9-21-14-20(18-33)6-8-22(21)16-24;19-15-9-7-13(11-17(15)21)14-8-6-12(10-16(14)20)4-2-1-3-5-18(22)23/h6-17H,1-5H2;6-11H,1-5H2,(H,22,23). The summed E-state index contributed by atoms with van der Waals surface area (Å²) in [5, 5.41) is 19.3. The van der Waals surface area contributed by atoms with E-state index in [1.807, 2.05) is 12.1 Å². The molecular formula is C47H39F6NO4. The summed E-state index contributed by atoms with van der Waals surface area (Å²) in [4.78, 5) is 22.6. The van der Waals surface area contributed by atoms with Crippen LogP contribution in [0.2, 0.25) is 0 Å². The maximum atomic E-state index is 14.5. The topological polar surface area (TPSA) is 87.4 Å². The highest BCUT2D eigenvalue weighted by Crippen LogP contribution is 2.28. The minimum atomic E-state index is -1.01. The van der Waals surface area contributed by atoms with E-state index >= 15 is 0 Å². The summed E-state index contributed by atoms with van der Waals surface area (Å²) in [6.07, 6.45) is 6.03. The zero-order valence-electron chi connectivity index (χ0n) is 31.4. The number of unbranched alkanes of at least 4 members (excludes halogenated alkanes) is 4. The molecule has 0 aliphatic carbocycles. The van der Waals surface area contributed by atoms with Gasteiger partial charge in [-0.2, -0.15) is 5.26 Å². The van der Waals surface area contributed by atoms with Crippen LogP contribution in [0.25, 0.3) is 33.0 Å². The van der Waals surface area contributed by atoms with Crippen molar-refractivity contribution in [3.63, 3.8) is 0 Å². The number of carboxylic acids is 1. The molecule has 0 spiro atoms. The number of esters is 1. The van der Waals surface area contributed by atoms with Crippen LogP contribution in [0.3, 0.4) is 0 Å². The van der Waals surface area contributed by atoms with Crippen LogP contribution in [-0.2, 0) is 22.4 Å². The molecule has 5 nitrogen and oxygen atoms in total. The predicted molar refractivity (Wildman–Crippen MR) is 210 cm³/mol. The van der Waals surface area contributed by atoms with Crippen LogP contribution in [0.5, 0.6) is 5.75 Å². The lowest BCUT2D eigenvalue weighted by atomic mass is 10.00. The van der Waals surface area contributed by atoms with Gasteiger partial charge in [0.05, 0.1) is 11.6 Å². The first-order chi connectivity index (χ1) is 27.9. The van der Waals surface area contributed by atoms with Crippen LogP contribution in [0.4, 0.5) is 26.3 Å². The molecular weight excluding hydrogens is 757 g/mol. The summed E-state index contributed by atoms with van der Waals surface area (Å²) in [6, 6.07) is 28.7. The minimum absolute atomic E-state index is 0.142. The summed E-state index contributed by atoms with van der Waals surface area (Å²) in [7, 11) is 0. The number of aryl methyl sites for hydroxylation is 2. The molecule has 0 aromatic heterocycles. The number of benzene rings is 6. The van der Waals surface area contributed by atoms with Crippen molar-refractivity contribution >= 4 is 22.7 Å². The smallest absolute Gasteiger partial charge is 0.311 e. The summed E-state index contributed by atoms with van der Waals surface area (Å²) < 4.78 is 86.8. The molecule has 0 bridgehead atoms. The Hall–Kier alpha value is -6.41. The van der Waals surface area contributed by atoms with Gasteiger partial charge >= 0.3 is 11.9 Å². The average molecular weight is 796 g/mol. The van der Waals surface area contributed by atoms with Crippen LogP contribution in [0, 0.1) is 46.2 Å². The van der Waals surface area contributed by atoms with Gasteiger partial charge in [-0.25, -0.2) is 26.3 Å². The predicted octanol–water partition coefficient (Wildman–Crippen LogP) is 12.5. The van der Waals surface area contributed by atoms with Gasteiger partial charge in [-0.1, -0.05) is 61.4 Å². The van der Waals surface area contributed by atoms with Gasteiger partial charge in [-0.15, -0.1) is 0 Å². The Labute approximate surface area is 332 Å². The monoisotopic (exact) mass is 795 g/mol. The molecule has 0 aliphatic heterocycles. The van der Waals surface area contributed by atoms with E-state index in [0.717, 1.165) is 71.8 Å². The Morgan fingerprint density at radius 2 is 1.03 bits per heavy atom. The summed E-state index contributed by atoms with van der Waals surface area (Å²) in [6.45, 7) is 0. The molecule has 0 saturated carbocycles. The first kappa shape index (κ1) is 42.7. The van der Waals surface area contributed by atoms with Gasteiger partial charge in [0.2, 0.25) is 0 Å². The van der Waals surface area contributed by atoms with Gasteiger partial charge in [0.1, 0.15) is 17.4 Å². The van der Waals surface area contributed by atoms with Crippen LogP contribution in [0.15, 0.2) is 109 Å². The third-order valence-corrected chi connectivity index (χ3v) is 9.40. The van der Waals surface area contributed by atoms with Gasteiger partial charge in [-0.3, -0.25) is 9.59 Å². The lowest BCUT2D eigenvalue weighted by molar-refractivity contribution is -0.137. The number of nitriles is 1. The average Bonchev–Trinajstić information content (AvgIpc) is 3.20. The van der Waals surface area contributed by atoms with Crippen LogP contribution >= 0.6 is 0 Å². The van der Waals surface area contributed by atoms with Crippen molar-refractivity contribution in [1.82, 2.24) is 0 Å². The maximum Gasteiger partial charge on any atom is 0.311 e. The van der Waals surface area contributed by atoms with Crippen LogP contribution in [-0.4, -0.2) is 17.0 Å². The molecule has 6 aromatic rings. The summed E-state index contributed by atoms with van der Waals surface area (Å²) in [5.41, 5.74) is 3.17. The minimum Gasteiger partial charge on any atom is -0.481 e. The van der Waals surface area contributed by atoms with Crippen molar-refractivity contribution in [3.8, 4) is 34.1 Å². The molecule has 6 rings (SSSR count). The normalized spacial score (nSPS) is 10.8. The Morgan fingerprint density at radius 1 is 0.517 bits per heavy atom. The van der Waals surface area contributed by atoms with Crippen LogP contribution in [0.1, 0.15) is 68.1 Å².